The molecule has 0 aliphatic carbocycles. The second kappa shape index (κ2) is 11.3. The van der Waals surface area contributed by atoms with Gasteiger partial charge in [0.05, 0.1) is 5.02 Å². The Bertz CT molecular complexity index is 932. The van der Waals surface area contributed by atoms with Crippen LogP contribution in [0.25, 0.3) is 0 Å². The van der Waals surface area contributed by atoms with Crippen LogP contribution in [0.4, 0.5) is 5.69 Å². The van der Waals surface area contributed by atoms with Crippen molar-refractivity contribution in [3.8, 4) is 0 Å². The van der Waals surface area contributed by atoms with Gasteiger partial charge in [0.25, 0.3) is 5.91 Å². The van der Waals surface area contributed by atoms with Gasteiger partial charge in [0.15, 0.2) is 0 Å². The van der Waals surface area contributed by atoms with E-state index in [9.17, 15) is 13.2 Å². The second-order valence-electron chi connectivity index (χ2n) is 6.95. The Morgan fingerprint density at radius 1 is 1.03 bits per heavy atom. The molecule has 6 nitrogen and oxygen atoms in total. The smallest absolute Gasteiger partial charge is 0.251 e. The molecule has 0 saturated carbocycles. The monoisotopic (exact) mass is 451 g/mol. The Morgan fingerprint density at radius 2 is 1.70 bits per heavy atom. The lowest BCUT2D eigenvalue weighted by atomic mass is 10.2. The van der Waals surface area contributed by atoms with Gasteiger partial charge in [0, 0.05) is 44.5 Å². The minimum absolute atomic E-state index is 0.0370. The molecule has 0 heterocycles. The quantitative estimate of drug-likeness (QED) is 0.524. The first-order valence-corrected chi connectivity index (χ1v) is 12.0. The highest BCUT2D eigenvalue weighted by atomic mass is 35.5. The van der Waals surface area contributed by atoms with Crippen molar-refractivity contribution in [1.82, 2.24) is 9.62 Å². The van der Waals surface area contributed by atoms with Crippen molar-refractivity contribution >= 4 is 33.2 Å². The number of amides is 1. The summed E-state index contributed by atoms with van der Waals surface area (Å²) in [4.78, 5) is 14.6. The van der Waals surface area contributed by atoms with Crippen molar-refractivity contribution in [2.75, 3.05) is 38.1 Å². The third kappa shape index (κ3) is 6.20. The summed E-state index contributed by atoms with van der Waals surface area (Å²) in [6, 6.07) is 14.5. The van der Waals surface area contributed by atoms with E-state index >= 15 is 0 Å². The van der Waals surface area contributed by atoms with Crippen LogP contribution in [0, 0.1) is 0 Å². The molecule has 1 N–H and O–H groups in total. The maximum absolute atomic E-state index is 12.8. The zero-order valence-electron chi connectivity index (χ0n) is 17.8. The summed E-state index contributed by atoms with van der Waals surface area (Å²) in [6.45, 7) is 5.60. The van der Waals surface area contributed by atoms with E-state index in [1.807, 2.05) is 25.2 Å². The summed E-state index contributed by atoms with van der Waals surface area (Å²) in [5.74, 6) is -0.306. The zero-order chi connectivity index (χ0) is 22.1. The Hall–Kier alpha value is -2.09. The third-order valence-corrected chi connectivity index (χ3v) is 7.45. The highest BCUT2D eigenvalue weighted by Gasteiger charge is 2.25. The van der Waals surface area contributed by atoms with Crippen LogP contribution in [0.15, 0.2) is 53.4 Å². The Labute approximate surface area is 184 Å². The number of nitrogens with one attached hydrogen (secondary N) is 1. The van der Waals surface area contributed by atoms with Gasteiger partial charge < -0.3 is 10.2 Å². The molecular weight excluding hydrogens is 422 g/mol. The van der Waals surface area contributed by atoms with Gasteiger partial charge in [-0.2, -0.15) is 4.31 Å². The van der Waals surface area contributed by atoms with Crippen molar-refractivity contribution in [3.63, 3.8) is 0 Å². The summed E-state index contributed by atoms with van der Waals surface area (Å²) in [6.07, 6.45) is 1.75. The fourth-order valence-corrected chi connectivity index (χ4v) is 5.09. The van der Waals surface area contributed by atoms with Gasteiger partial charge >= 0.3 is 0 Å². The van der Waals surface area contributed by atoms with Crippen LogP contribution in [-0.4, -0.2) is 51.9 Å². The third-order valence-electron chi connectivity index (χ3n) is 4.92. The lowest BCUT2D eigenvalue weighted by Crippen LogP contribution is -2.31. The van der Waals surface area contributed by atoms with Crippen LogP contribution in [-0.2, 0) is 10.0 Å². The molecule has 30 heavy (non-hydrogen) atoms. The zero-order valence-corrected chi connectivity index (χ0v) is 19.3. The predicted octanol–water partition coefficient (Wildman–Crippen LogP) is 4.02. The topological polar surface area (TPSA) is 69.7 Å². The number of carbonyl (C=O) groups excluding carboxylic acids is 1. The van der Waals surface area contributed by atoms with Crippen LogP contribution in [0.5, 0.6) is 0 Å². The number of nitrogens with zero attached hydrogens (tertiary/aromatic N) is 2. The molecule has 2 rings (SSSR count). The van der Waals surface area contributed by atoms with Gasteiger partial charge in [-0.25, -0.2) is 8.42 Å². The largest absolute Gasteiger partial charge is 0.375 e. The Kier molecular flexibility index (Phi) is 9.14. The van der Waals surface area contributed by atoms with Crippen LogP contribution in [0.2, 0.25) is 5.02 Å². The van der Waals surface area contributed by atoms with E-state index < -0.39 is 10.0 Å². The average molecular weight is 452 g/mol. The lowest BCUT2D eigenvalue weighted by Gasteiger charge is -2.20. The number of benzene rings is 2. The number of hydrogen-bond donors (Lipinski definition) is 1. The molecular formula is C22H30ClN3O3S. The van der Waals surface area contributed by atoms with Crippen LogP contribution < -0.4 is 10.2 Å². The van der Waals surface area contributed by atoms with E-state index in [0.29, 0.717) is 19.6 Å². The summed E-state index contributed by atoms with van der Waals surface area (Å²) < 4.78 is 26.9. The molecule has 0 radical (unpaired) electrons. The summed E-state index contributed by atoms with van der Waals surface area (Å²) >= 11 is 6.13. The van der Waals surface area contributed by atoms with Crippen molar-refractivity contribution in [1.29, 1.82) is 0 Å². The summed E-state index contributed by atoms with van der Waals surface area (Å²) in [7, 11) is -1.70. The molecule has 0 atom stereocenters. The first-order valence-electron chi connectivity index (χ1n) is 10.1. The normalized spacial score (nSPS) is 11.5. The fourth-order valence-electron chi connectivity index (χ4n) is 3.13. The van der Waals surface area contributed by atoms with Gasteiger partial charge in [0.1, 0.15) is 4.90 Å². The summed E-state index contributed by atoms with van der Waals surface area (Å²) in [5, 5.41) is 2.97. The molecule has 0 fully saturated rings. The number of rotatable bonds is 11. The van der Waals surface area contributed by atoms with Crippen molar-refractivity contribution in [3.05, 3.63) is 59.1 Å². The molecule has 164 valence electrons. The number of hydrogen-bond acceptors (Lipinski definition) is 4. The van der Waals surface area contributed by atoms with E-state index in [1.54, 1.807) is 19.9 Å². The second-order valence-corrected chi connectivity index (χ2v) is 9.27. The first kappa shape index (κ1) is 24.2. The predicted molar refractivity (Wildman–Crippen MR) is 123 cm³/mol. The van der Waals surface area contributed by atoms with Gasteiger partial charge in [-0.05, 0) is 43.2 Å². The fraction of sp³-hybridized carbons (Fsp3) is 0.409. The van der Waals surface area contributed by atoms with E-state index in [-0.39, 0.29) is 21.4 Å². The maximum atomic E-state index is 12.8. The molecule has 0 unspecified atom stereocenters. The molecule has 0 saturated heterocycles. The molecule has 0 spiro atoms. The van der Waals surface area contributed by atoms with Gasteiger partial charge in [-0.1, -0.05) is 43.6 Å². The van der Waals surface area contributed by atoms with Crippen molar-refractivity contribution in [2.24, 2.45) is 0 Å². The van der Waals surface area contributed by atoms with Crippen molar-refractivity contribution < 1.29 is 13.2 Å². The number of carbonyl (C=O) groups is 1. The number of halogens is 1. The molecule has 0 bridgehead atoms. The minimum atomic E-state index is -3.74. The van der Waals surface area contributed by atoms with Gasteiger partial charge in [0.2, 0.25) is 10.0 Å². The Morgan fingerprint density at radius 3 is 2.33 bits per heavy atom. The molecule has 0 aromatic heterocycles. The molecule has 0 aliphatic heterocycles. The molecule has 0 aliphatic rings. The average Bonchev–Trinajstić information content (AvgIpc) is 2.74. The van der Waals surface area contributed by atoms with Gasteiger partial charge in [-0.3, -0.25) is 4.79 Å². The summed E-state index contributed by atoms with van der Waals surface area (Å²) in [5.41, 5.74) is 1.44. The standard InChI is InChI=1S/C22H30ClN3O3S/c1-4-26(5-2)30(28,29)21-17-18(13-14-20(21)23)22(27)24-15-9-10-16-25(3)19-11-7-6-8-12-19/h6-8,11-14,17H,4-5,9-10,15-16H2,1-3H3,(H,24,27). The van der Waals surface area contributed by atoms with Crippen LogP contribution in [0.1, 0.15) is 37.0 Å². The van der Waals surface area contributed by atoms with E-state index in [4.69, 9.17) is 11.6 Å². The van der Waals surface area contributed by atoms with E-state index in [0.717, 1.165) is 25.1 Å². The number of unbranched alkanes of at least 4 members (excludes halogenated alkanes) is 1. The molecule has 1 amide bonds. The number of para-hydroxylation sites is 1. The van der Waals surface area contributed by atoms with E-state index in [2.05, 4.69) is 22.3 Å². The highest BCUT2D eigenvalue weighted by Crippen LogP contribution is 2.26. The van der Waals surface area contributed by atoms with Gasteiger partial charge in [-0.15, -0.1) is 0 Å². The maximum Gasteiger partial charge on any atom is 0.251 e. The Balaban J connectivity index is 1.91. The SMILES string of the molecule is CCN(CC)S(=O)(=O)c1cc(C(=O)NCCCCN(C)c2ccccc2)ccc1Cl. The first-order chi connectivity index (χ1) is 14.3. The lowest BCUT2D eigenvalue weighted by molar-refractivity contribution is 0.0953. The van der Waals surface area contributed by atoms with Crippen LogP contribution >= 0.6 is 11.6 Å². The number of anilines is 1. The van der Waals surface area contributed by atoms with E-state index in [1.165, 1.54) is 16.4 Å². The molecule has 2 aromatic carbocycles. The highest BCUT2D eigenvalue weighted by molar-refractivity contribution is 7.89. The number of sulfonamides is 1. The molecule has 2 aromatic rings. The molecule has 8 heteroatoms. The van der Waals surface area contributed by atoms with Crippen molar-refractivity contribution in [2.45, 2.75) is 31.6 Å². The van der Waals surface area contributed by atoms with Crippen LogP contribution in [0.3, 0.4) is 0 Å². The minimum Gasteiger partial charge on any atom is -0.375 e.